The molecule has 40 heavy (non-hydrogen) atoms. The average Bonchev–Trinajstić information content (AvgIpc) is 3.66. The van der Waals surface area contributed by atoms with Gasteiger partial charge in [-0.1, -0.05) is 148 Å². The maximum atomic E-state index is 3.28. The van der Waals surface area contributed by atoms with Crippen LogP contribution >= 0.6 is 9.24 Å². The van der Waals surface area contributed by atoms with Gasteiger partial charge in [0.1, 0.15) is 8.07 Å². The van der Waals surface area contributed by atoms with Gasteiger partial charge in [-0.2, -0.15) is 17.3 Å². The van der Waals surface area contributed by atoms with E-state index in [-0.39, 0.29) is 33.1 Å². The fourth-order valence-electron chi connectivity index (χ4n) is 6.30. The summed E-state index contributed by atoms with van der Waals surface area (Å²) in [4.78, 5) is 0. The van der Waals surface area contributed by atoms with Gasteiger partial charge in [0.25, 0.3) is 0 Å². The van der Waals surface area contributed by atoms with Crippen LogP contribution in [0.4, 0.5) is 0 Å². The molecule has 0 bridgehead atoms. The van der Waals surface area contributed by atoms with Crippen LogP contribution in [0.25, 0.3) is 0 Å². The molecule has 5 aromatic rings. The summed E-state index contributed by atoms with van der Waals surface area (Å²) in [7, 11) is 0.793. The van der Waals surface area contributed by atoms with Crippen LogP contribution in [0.2, 0.25) is 0 Å². The van der Waals surface area contributed by atoms with E-state index in [2.05, 4.69) is 160 Å². The van der Waals surface area contributed by atoms with E-state index in [4.69, 9.17) is 0 Å². The summed E-state index contributed by atoms with van der Waals surface area (Å²) in [6.07, 6.45) is 0. The van der Waals surface area contributed by atoms with Crippen LogP contribution in [0, 0.1) is 10.8 Å². The standard InChI is InChI=1S/C32H38PSi.C5H5.Fe/c1-30(2,3)32(33,31(4,5)6)25-22-23-29(24-25)34(26-16-10-7-11-17-26,27-18-12-8-13-19-27)28-20-14-9-15-21-28;1-2-4-5-3-1;/h7-24H,33H2,1-6H3;1-5H;/q-1;-5;. The quantitative estimate of drug-likeness (QED) is 0.0855. The van der Waals surface area contributed by atoms with E-state index >= 15 is 0 Å². The van der Waals surface area contributed by atoms with Crippen molar-refractivity contribution < 1.29 is 17.1 Å². The van der Waals surface area contributed by atoms with Crippen molar-refractivity contribution in [2.24, 2.45) is 10.8 Å². The van der Waals surface area contributed by atoms with Crippen LogP contribution in [-0.2, 0) is 22.2 Å². The van der Waals surface area contributed by atoms with Gasteiger partial charge in [0.15, 0.2) is 0 Å². The Morgan fingerprint density at radius 3 is 1.15 bits per heavy atom. The first-order valence-electron chi connectivity index (χ1n) is 13.9. The summed E-state index contributed by atoms with van der Waals surface area (Å²) in [5.74, 6) is 0. The van der Waals surface area contributed by atoms with Crippen LogP contribution in [0.5, 0.6) is 0 Å². The molecule has 0 aromatic heterocycles. The molecular weight excluding hydrogens is 559 g/mol. The van der Waals surface area contributed by atoms with Crippen LogP contribution in [0.15, 0.2) is 140 Å². The van der Waals surface area contributed by atoms with E-state index in [0.717, 1.165) is 0 Å². The van der Waals surface area contributed by atoms with Gasteiger partial charge in [-0.05, 0) is 16.0 Å². The van der Waals surface area contributed by atoms with Crippen molar-refractivity contribution in [1.82, 2.24) is 0 Å². The molecule has 0 fully saturated rings. The molecular formula is C37H43FePSi-6. The second-order valence-corrected chi connectivity index (χ2v) is 17.2. The number of hydrogen-bond donors (Lipinski definition) is 0. The van der Waals surface area contributed by atoms with Gasteiger partial charge in [0.2, 0.25) is 0 Å². The van der Waals surface area contributed by atoms with Gasteiger partial charge in [-0.3, -0.25) is 0 Å². The third-order valence-corrected chi connectivity index (χ3v) is 15.0. The van der Waals surface area contributed by atoms with Crippen molar-refractivity contribution in [2.75, 3.05) is 0 Å². The van der Waals surface area contributed by atoms with Crippen molar-refractivity contribution in [2.45, 2.75) is 46.7 Å². The summed E-state index contributed by atoms with van der Waals surface area (Å²) in [6, 6.07) is 50.9. The fourth-order valence-corrected chi connectivity index (χ4v) is 11.3. The largest absolute Gasteiger partial charge is 0.748 e. The van der Waals surface area contributed by atoms with Crippen molar-refractivity contribution in [3.63, 3.8) is 0 Å². The molecule has 0 radical (unpaired) electrons. The topological polar surface area (TPSA) is 0 Å². The molecule has 0 spiro atoms. The fraction of sp³-hybridized carbons (Fsp3) is 0.243. The summed E-state index contributed by atoms with van der Waals surface area (Å²) in [5.41, 5.74) is 1.57. The van der Waals surface area contributed by atoms with Crippen LogP contribution in [-0.4, -0.2) is 8.07 Å². The van der Waals surface area contributed by atoms with Crippen LogP contribution < -0.4 is 20.7 Å². The summed E-state index contributed by atoms with van der Waals surface area (Å²) < 4.78 is 0. The first-order chi connectivity index (χ1) is 18.5. The zero-order valence-electron chi connectivity index (χ0n) is 24.7. The molecule has 1 atom stereocenters. The van der Waals surface area contributed by atoms with Gasteiger partial charge in [-0.25, -0.2) is 6.07 Å². The predicted octanol–water partition coefficient (Wildman–Crippen LogP) is 7.35. The Kier molecular flexibility index (Phi) is 10.4. The molecule has 0 aliphatic heterocycles. The van der Waals surface area contributed by atoms with Gasteiger partial charge in [0.05, 0.1) is 0 Å². The Bertz CT molecular complexity index is 1280. The summed E-state index contributed by atoms with van der Waals surface area (Å²) in [5, 5.41) is 5.65. The molecule has 214 valence electrons. The predicted molar refractivity (Wildman–Crippen MR) is 178 cm³/mol. The molecule has 0 N–H and O–H groups in total. The van der Waals surface area contributed by atoms with E-state index in [1.54, 1.807) is 0 Å². The molecule has 0 aliphatic carbocycles. The Morgan fingerprint density at radius 1 is 0.525 bits per heavy atom. The van der Waals surface area contributed by atoms with Gasteiger partial charge >= 0.3 is 0 Å². The minimum atomic E-state index is -2.49. The Morgan fingerprint density at radius 2 is 0.850 bits per heavy atom. The Balaban J connectivity index is 0.000000662. The molecule has 0 saturated heterocycles. The van der Waals surface area contributed by atoms with E-state index in [1.165, 1.54) is 26.3 Å². The van der Waals surface area contributed by atoms with Crippen molar-refractivity contribution in [3.8, 4) is 0 Å². The van der Waals surface area contributed by atoms with E-state index in [9.17, 15) is 0 Å². The summed E-state index contributed by atoms with van der Waals surface area (Å²) >= 11 is 0. The molecule has 0 heterocycles. The van der Waals surface area contributed by atoms with E-state index < -0.39 is 8.07 Å². The molecule has 5 rings (SSSR count). The molecule has 0 nitrogen and oxygen atoms in total. The number of benzene rings is 3. The first kappa shape index (κ1) is 32.0. The third kappa shape index (κ3) is 6.07. The normalized spacial score (nSPS) is 12.2. The maximum Gasteiger partial charge on any atom is 0.112 e. The average molecular weight is 603 g/mol. The maximum absolute atomic E-state index is 3.28. The second kappa shape index (κ2) is 13.0. The first-order valence-corrected chi connectivity index (χ1v) is 16.5. The minimum absolute atomic E-state index is 0. The molecule has 1 unspecified atom stereocenters. The number of hydrogen-bond acceptors (Lipinski definition) is 0. The molecule has 5 aromatic carbocycles. The molecule has 0 amide bonds. The number of rotatable bonds is 5. The Hall–Kier alpha value is -2.47. The zero-order chi connectivity index (χ0) is 28.2. The molecule has 0 aliphatic rings. The van der Waals surface area contributed by atoms with Crippen molar-refractivity contribution in [3.05, 3.63) is 145 Å². The van der Waals surface area contributed by atoms with Crippen LogP contribution in [0.3, 0.4) is 0 Å². The minimum Gasteiger partial charge on any atom is -0.748 e. The van der Waals surface area contributed by atoms with E-state index in [1.807, 2.05) is 30.3 Å². The van der Waals surface area contributed by atoms with E-state index in [0.29, 0.717) is 0 Å². The molecule has 3 heteroatoms. The monoisotopic (exact) mass is 602 g/mol. The van der Waals surface area contributed by atoms with Crippen molar-refractivity contribution >= 4 is 38.1 Å². The van der Waals surface area contributed by atoms with Gasteiger partial charge in [0, 0.05) is 17.1 Å². The van der Waals surface area contributed by atoms with Crippen LogP contribution in [0.1, 0.15) is 47.1 Å². The summed E-state index contributed by atoms with van der Waals surface area (Å²) in [6.45, 7) is 14.2. The van der Waals surface area contributed by atoms with Crippen molar-refractivity contribution in [1.29, 1.82) is 0 Å². The SMILES string of the molecule is CC(C)(C)C(P)([c-]1ccc([Si](c2ccccc2)(c2ccccc2)c2ccccc2)c1)C(C)(C)C.[Fe].[cH-]1[cH-][cH-][cH-][cH-]1. The third-order valence-electron chi connectivity index (χ3n) is 8.18. The smallest absolute Gasteiger partial charge is 0.112 e. The zero-order valence-corrected chi connectivity index (χ0v) is 28.0. The van der Waals surface area contributed by atoms with Gasteiger partial charge in [-0.15, -0.1) is 14.8 Å². The van der Waals surface area contributed by atoms with Gasteiger partial charge < -0.3 is 30.3 Å². The second-order valence-electron chi connectivity index (χ2n) is 12.5. The molecule has 0 saturated carbocycles. The Labute approximate surface area is 256 Å².